The molecule has 1 unspecified atom stereocenters. The summed E-state index contributed by atoms with van der Waals surface area (Å²) in [6, 6.07) is 31.0. The number of rotatable bonds is 16. The fraction of sp³-hybridized carbons (Fsp3) is 0.229. The number of hydrogen-bond acceptors (Lipinski definition) is 7. The van der Waals surface area contributed by atoms with Gasteiger partial charge in [0, 0.05) is 6.04 Å². The lowest BCUT2D eigenvalue weighted by Gasteiger charge is -2.21. The molecule has 0 aromatic heterocycles. The van der Waals surface area contributed by atoms with Crippen LogP contribution in [0.15, 0.2) is 138 Å². The maximum Gasteiger partial charge on any atom is 0.225 e. The minimum absolute atomic E-state index is 0.141. The van der Waals surface area contributed by atoms with Crippen molar-refractivity contribution in [2.45, 2.75) is 40.2 Å². The number of hydrogen-bond donors (Lipinski definition) is 1. The highest BCUT2D eigenvalue weighted by Gasteiger charge is 2.31. The third kappa shape index (κ3) is 10.2. The predicted molar refractivity (Wildman–Crippen MR) is 180 cm³/mol. The molecule has 11 heteroatoms. The number of carbonyl (C=O) groups excluding carboxylic acids is 1. The van der Waals surface area contributed by atoms with E-state index in [9.17, 15) is 30.0 Å². The zero-order valence-corrected chi connectivity index (χ0v) is 27.7. The third-order valence-electron chi connectivity index (χ3n) is 7.36. The Morgan fingerprint density at radius 3 is 1.59 bits per heavy atom. The monoisotopic (exact) mass is 679 g/mol. The van der Waals surface area contributed by atoms with Crippen LogP contribution in [0.25, 0.3) is 0 Å². The van der Waals surface area contributed by atoms with Crippen LogP contribution in [0.3, 0.4) is 0 Å². The number of sulfone groups is 3. The average Bonchev–Trinajstić information content (AvgIpc) is 3.03. The predicted octanol–water partition coefficient (Wildman–Crippen LogP) is 4.97. The van der Waals surface area contributed by atoms with Gasteiger partial charge in [0.2, 0.25) is 15.7 Å². The van der Waals surface area contributed by atoms with Gasteiger partial charge in [-0.25, -0.2) is 25.3 Å². The summed E-state index contributed by atoms with van der Waals surface area (Å²) in [7, 11) is -11.5. The first kappa shape index (κ1) is 34.8. The van der Waals surface area contributed by atoms with E-state index < -0.39 is 58.9 Å². The van der Waals surface area contributed by atoms with Gasteiger partial charge in [0.05, 0.1) is 38.7 Å². The van der Waals surface area contributed by atoms with Crippen LogP contribution in [0, 0.1) is 5.92 Å². The maximum absolute atomic E-state index is 13.6. The molecule has 242 valence electrons. The van der Waals surface area contributed by atoms with Gasteiger partial charge in [-0.3, -0.25) is 4.79 Å². The standard InChI is InChI=1S/C35H37NO7S3/c1-2-32(22-21-28-17-12-20-34(23-28)46(42,43)33-18-10-5-11-19-33)36-35(37)31(26-44(38,39)24-29-13-6-3-7-14-29)27-45(40,41)25-30-15-8-4-9-16-30/h2-20,23,31-32H,1,21-22,24-27H2,(H,36,37). The highest BCUT2D eigenvalue weighted by atomic mass is 32.2. The molecule has 0 fully saturated rings. The molecule has 46 heavy (non-hydrogen) atoms. The number of aryl methyl sites for hydroxylation is 1. The van der Waals surface area contributed by atoms with Gasteiger partial charge in [0.25, 0.3) is 0 Å². The van der Waals surface area contributed by atoms with Crippen LogP contribution in [0.5, 0.6) is 0 Å². The smallest absolute Gasteiger partial charge is 0.225 e. The lowest BCUT2D eigenvalue weighted by molar-refractivity contribution is -0.124. The molecule has 1 N–H and O–H groups in total. The first-order chi connectivity index (χ1) is 21.9. The van der Waals surface area contributed by atoms with Crippen LogP contribution in [-0.4, -0.2) is 48.7 Å². The summed E-state index contributed by atoms with van der Waals surface area (Å²) < 4.78 is 79.0. The van der Waals surface area contributed by atoms with Crippen molar-refractivity contribution in [1.82, 2.24) is 5.32 Å². The molecule has 4 aromatic rings. The lowest BCUT2D eigenvalue weighted by atomic mass is 10.0. The summed E-state index contributed by atoms with van der Waals surface area (Å²) in [5.74, 6) is -4.02. The minimum Gasteiger partial charge on any atom is -0.350 e. The van der Waals surface area contributed by atoms with Crippen molar-refractivity contribution in [2.75, 3.05) is 11.5 Å². The van der Waals surface area contributed by atoms with Crippen molar-refractivity contribution in [3.8, 4) is 0 Å². The quantitative estimate of drug-likeness (QED) is 0.166. The van der Waals surface area contributed by atoms with Gasteiger partial charge in [-0.2, -0.15) is 0 Å². The van der Waals surface area contributed by atoms with E-state index in [1.165, 1.54) is 24.3 Å². The average molecular weight is 680 g/mol. The fourth-order valence-electron chi connectivity index (χ4n) is 5.06. The first-order valence-electron chi connectivity index (χ1n) is 14.7. The summed E-state index contributed by atoms with van der Waals surface area (Å²) in [6.45, 7) is 3.80. The Kier molecular flexibility index (Phi) is 11.7. The Bertz CT molecular complexity index is 1870. The van der Waals surface area contributed by atoms with E-state index >= 15 is 0 Å². The zero-order chi connectivity index (χ0) is 33.2. The zero-order valence-electron chi connectivity index (χ0n) is 25.2. The van der Waals surface area contributed by atoms with Gasteiger partial charge < -0.3 is 5.32 Å². The van der Waals surface area contributed by atoms with Crippen LogP contribution >= 0.6 is 0 Å². The molecule has 0 aliphatic rings. The van der Waals surface area contributed by atoms with Crippen LogP contribution in [0.2, 0.25) is 0 Å². The SMILES string of the molecule is C=CC(CCc1cccc(S(=O)(=O)c2ccccc2)c1)NC(=O)C(CS(=O)(=O)Cc1ccccc1)CS(=O)(=O)Cc1ccccc1. The van der Waals surface area contributed by atoms with Crippen LogP contribution < -0.4 is 5.32 Å². The van der Waals surface area contributed by atoms with Crippen molar-refractivity contribution in [3.63, 3.8) is 0 Å². The second-order valence-electron chi connectivity index (χ2n) is 11.1. The summed E-state index contributed by atoms with van der Waals surface area (Å²) in [4.78, 5) is 13.9. The summed E-state index contributed by atoms with van der Waals surface area (Å²) in [5.41, 5.74) is 1.79. The second-order valence-corrected chi connectivity index (χ2v) is 17.3. The van der Waals surface area contributed by atoms with E-state index in [4.69, 9.17) is 0 Å². The van der Waals surface area contributed by atoms with Gasteiger partial charge >= 0.3 is 0 Å². The molecule has 4 aromatic carbocycles. The summed E-state index contributed by atoms with van der Waals surface area (Å²) in [6.07, 6.45) is 2.19. The second kappa shape index (κ2) is 15.5. The van der Waals surface area contributed by atoms with E-state index in [0.717, 1.165) is 0 Å². The molecule has 0 spiro atoms. The van der Waals surface area contributed by atoms with Crippen molar-refractivity contribution < 1.29 is 30.0 Å². The molecule has 0 aliphatic carbocycles. The van der Waals surface area contributed by atoms with Crippen molar-refractivity contribution >= 4 is 35.4 Å². The highest BCUT2D eigenvalue weighted by molar-refractivity contribution is 7.92. The molecule has 0 radical (unpaired) electrons. The van der Waals surface area contributed by atoms with Gasteiger partial charge in [-0.15, -0.1) is 6.58 Å². The molecular weight excluding hydrogens is 643 g/mol. The number of carbonyl (C=O) groups is 1. The Morgan fingerprint density at radius 2 is 1.09 bits per heavy atom. The lowest BCUT2D eigenvalue weighted by Crippen LogP contribution is -2.43. The van der Waals surface area contributed by atoms with Crippen molar-refractivity contribution in [2.24, 2.45) is 5.92 Å². The topological polar surface area (TPSA) is 132 Å². The minimum atomic E-state index is -3.87. The van der Waals surface area contributed by atoms with Gasteiger partial charge in [-0.1, -0.05) is 97.1 Å². The Hall–Kier alpha value is -4.06. The van der Waals surface area contributed by atoms with Gasteiger partial charge in [-0.05, 0) is 53.8 Å². The molecule has 0 bridgehead atoms. The Balaban J connectivity index is 1.49. The first-order valence-corrected chi connectivity index (χ1v) is 19.8. The molecule has 0 aliphatic heterocycles. The van der Waals surface area contributed by atoms with Crippen molar-refractivity contribution in [3.05, 3.63) is 145 Å². The molecule has 1 amide bonds. The fourth-order valence-corrected chi connectivity index (χ4v) is 9.96. The normalized spacial score (nSPS) is 12.8. The number of amides is 1. The highest BCUT2D eigenvalue weighted by Crippen LogP contribution is 2.22. The van der Waals surface area contributed by atoms with E-state index in [2.05, 4.69) is 11.9 Å². The largest absolute Gasteiger partial charge is 0.350 e. The van der Waals surface area contributed by atoms with E-state index in [1.807, 2.05) is 0 Å². The molecule has 0 heterocycles. The molecular formula is C35H37NO7S3. The van der Waals surface area contributed by atoms with Gasteiger partial charge in [0.1, 0.15) is 0 Å². The van der Waals surface area contributed by atoms with Crippen molar-refractivity contribution in [1.29, 1.82) is 0 Å². The maximum atomic E-state index is 13.6. The molecule has 0 saturated heterocycles. The summed E-state index contributed by atoms with van der Waals surface area (Å²) >= 11 is 0. The molecule has 1 atom stereocenters. The van der Waals surface area contributed by atoms with Crippen LogP contribution in [0.4, 0.5) is 0 Å². The van der Waals surface area contributed by atoms with E-state index in [-0.39, 0.29) is 21.3 Å². The van der Waals surface area contributed by atoms with Crippen LogP contribution in [-0.2, 0) is 52.2 Å². The Morgan fingerprint density at radius 1 is 0.630 bits per heavy atom. The molecule has 8 nitrogen and oxygen atoms in total. The third-order valence-corrected chi connectivity index (χ3v) is 12.5. The molecule has 4 rings (SSSR count). The molecule has 0 saturated carbocycles. The van der Waals surface area contributed by atoms with Crippen LogP contribution in [0.1, 0.15) is 23.1 Å². The number of benzene rings is 4. The van der Waals surface area contributed by atoms with E-state index in [0.29, 0.717) is 29.5 Å². The van der Waals surface area contributed by atoms with Gasteiger partial charge in [0.15, 0.2) is 19.7 Å². The Labute approximate surface area is 272 Å². The summed E-state index contributed by atoms with van der Waals surface area (Å²) in [5, 5.41) is 2.78. The number of nitrogens with one attached hydrogen (secondary N) is 1. The van der Waals surface area contributed by atoms with E-state index in [1.54, 1.807) is 97.1 Å².